The van der Waals surface area contributed by atoms with Crippen molar-refractivity contribution in [2.75, 3.05) is 7.11 Å². The highest BCUT2D eigenvalue weighted by Crippen LogP contribution is 2.27. The molecule has 0 aliphatic carbocycles. The molecule has 0 aliphatic heterocycles. The van der Waals surface area contributed by atoms with E-state index in [-0.39, 0.29) is 5.88 Å². The minimum absolute atomic E-state index is 0.0637. The summed E-state index contributed by atoms with van der Waals surface area (Å²) < 4.78 is 10.4. The summed E-state index contributed by atoms with van der Waals surface area (Å²) in [5.41, 5.74) is -1.09. The second-order valence-corrected chi connectivity index (χ2v) is 3.88. The van der Waals surface area contributed by atoms with E-state index in [1.807, 2.05) is 0 Å². The van der Waals surface area contributed by atoms with Crippen molar-refractivity contribution in [3.63, 3.8) is 0 Å². The molecule has 0 fully saturated rings. The number of pyridine rings is 1. The largest absolute Gasteiger partial charge is 0.497 e. The molecule has 8 nitrogen and oxygen atoms in total. The van der Waals surface area contributed by atoms with Crippen molar-refractivity contribution in [1.29, 1.82) is 0 Å². The molecule has 1 aromatic carbocycles. The molecule has 0 saturated carbocycles. The van der Waals surface area contributed by atoms with Crippen molar-refractivity contribution < 1.29 is 24.3 Å². The Balaban J connectivity index is 2.34. The van der Waals surface area contributed by atoms with Gasteiger partial charge in [0.25, 0.3) is 0 Å². The summed E-state index contributed by atoms with van der Waals surface area (Å²) in [6.45, 7) is 0. The first-order valence-electron chi connectivity index (χ1n) is 5.71. The quantitative estimate of drug-likeness (QED) is 0.664. The maximum atomic E-state index is 11.0. The fraction of sp³-hybridized carbons (Fsp3) is 0.0769. The molecule has 2 rings (SSSR count). The summed E-state index contributed by atoms with van der Waals surface area (Å²) in [4.78, 5) is 24.7. The number of rotatable bonds is 5. The number of carboxylic acids is 1. The molecule has 8 heteroatoms. The average molecular weight is 290 g/mol. The number of hydrogen-bond donors (Lipinski definition) is 1. The Morgan fingerprint density at radius 3 is 2.67 bits per heavy atom. The number of nitro groups is 1. The summed E-state index contributed by atoms with van der Waals surface area (Å²) in [6, 6.07) is 7.58. The van der Waals surface area contributed by atoms with E-state index >= 15 is 0 Å². The Labute approximate surface area is 118 Å². The van der Waals surface area contributed by atoms with Crippen LogP contribution in [-0.4, -0.2) is 28.1 Å². The van der Waals surface area contributed by atoms with Crippen LogP contribution in [0.2, 0.25) is 0 Å². The summed E-state index contributed by atoms with van der Waals surface area (Å²) in [5.74, 6) is -0.578. The zero-order chi connectivity index (χ0) is 15.4. The zero-order valence-corrected chi connectivity index (χ0v) is 10.8. The first-order valence-corrected chi connectivity index (χ1v) is 5.71. The zero-order valence-electron chi connectivity index (χ0n) is 10.8. The van der Waals surface area contributed by atoms with Gasteiger partial charge in [-0.15, -0.1) is 0 Å². The highest BCUT2D eigenvalue weighted by molar-refractivity contribution is 5.92. The molecule has 1 N–H and O–H groups in total. The summed E-state index contributed by atoms with van der Waals surface area (Å²) in [6.07, 6.45) is 0.846. The van der Waals surface area contributed by atoms with E-state index in [9.17, 15) is 14.9 Å². The highest BCUT2D eigenvalue weighted by atomic mass is 16.6. The lowest BCUT2D eigenvalue weighted by Gasteiger charge is -2.07. The van der Waals surface area contributed by atoms with Gasteiger partial charge in [-0.1, -0.05) is 6.07 Å². The SMILES string of the molecule is COc1cccc(Oc2cc(C(=O)O)c([N+](=O)[O-])cn2)c1. The number of methoxy groups -OCH3 is 1. The number of carbonyl (C=O) groups is 1. The highest BCUT2D eigenvalue weighted by Gasteiger charge is 2.21. The third kappa shape index (κ3) is 3.24. The predicted molar refractivity (Wildman–Crippen MR) is 70.9 cm³/mol. The summed E-state index contributed by atoms with van der Waals surface area (Å²) in [5, 5.41) is 19.7. The molecule has 0 atom stereocenters. The molecule has 0 unspecified atom stereocenters. The molecule has 0 saturated heterocycles. The Morgan fingerprint density at radius 1 is 1.33 bits per heavy atom. The molecule has 0 amide bonds. The fourth-order valence-corrected chi connectivity index (χ4v) is 1.59. The Morgan fingerprint density at radius 2 is 2.05 bits per heavy atom. The number of benzene rings is 1. The molecule has 0 bridgehead atoms. The van der Waals surface area contributed by atoms with E-state index in [1.54, 1.807) is 24.3 Å². The number of hydrogen-bond acceptors (Lipinski definition) is 6. The Kier molecular flexibility index (Phi) is 3.98. The third-order valence-electron chi connectivity index (χ3n) is 2.55. The van der Waals surface area contributed by atoms with Crippen LogP contribution in [0.5, 0.6) is 17.4 Å². The standard InChI is InChI=1S/C13H10N2O6/c1-20-8-3-2-4-9(5-8)21-12-6-10(13(16)17)11(7-14-12)15(18)19/h2-7H,1H3,(H,16,17). The lowest BCUT2D eigenvalue weighted by atomic mass is 10.2. The van der Waals surface area contributed by atoms with Crippen LogP contribution in [0.1, 0.15) is 10.4 Å². The molecule has 108 valence electrons. The lowest BCUT2D eigenvalue weighted by molar-refractivity contribution is -0.385. The molecule has 0 aliphatic rings. The lowest BCUT2D eigenvalue weighted by Crippen LogP contribution is -2.04. The van der Waals surface area contributed by atoms with Crippen molar-refractivity contribution in [3.05, 3.63) is 52.2 Å². The van der Waals surface area contributed by atoms with Gasteiger partial charge in [0, 0.05) is 12.1 Å². The van der Waals surface area contributed by atoms with Gasteiger partial charge in [-0.3, -0.25) is 10.1 Å². The first kappa shape index (κ1) is 14.3. The number of nitrogens with zero attached hydrogens (tertiary/aromatic N) is 2. The van der Waals surface area contributed by atoms with Gasteiger partial charge in [0.2, 0.25) is 5.88 Å². The van der Waals surface area contributed by atoms with Gasteiger partial charge in [-0.05, 0) is 12.1 Å². The molecule has 1 heterocycles. The van der Waals surface area contributed by atoms with Gasteiger partial charge in [-0.2, -0.15) is 0 Å². The van der Waals surface area contributed by atoms with Crippen molar-refractivity contribution in [2.24, 2.45) is 0 Å². The van der Waals surface area contributed by atoms with Crippen molar-refractivity contribution in [3.8, 4) is 17.4 Å². The number of aromatic nitrogens is 1. The van der Waals surface area contributed by atoms with Crippen LogP contribution < -0.4 is 9.47 Å². The van der Waals surface area contributed by atoms with Gasteiger partial charge in [0.05, 0.1) is 12.0 Å². The van der Waals surface area contributed by atoms with E-state index in [1.165, 1.54) is 7.11 Å². The van der Waals surface area contributed by atoms with Crippen LogP contribution >= 0.6 is 0 Å². The molecular weight excluding hydrogens is 280 g/mol. The van der Waals surface area contributed by atoms with E-state index in [4.69, 9.17) is 14.6 Å². The Bertz CT molecular complexity index is 701. The van der Waals surface area contributed by atoms with Crippen LogP contribution in [0, 0.1) is 10.1 Å². The maximum absolute atomic E-state index is 11.0. The fourth-order valence-electron chi connectivity index (χ4n) is 1.59. The normalized spacial score (nSPS) is 9.95. The van der Waals surface area contributed by atoms with E-state index in [2.05, 4.69) is 4.98 Å². The van der Waals surface area contributed by atoms with Crippen LogP contribution in [0.3, 0.4) is 0 Å². The first-order chi connectivity index (χ1) is 10.0. The molecule has 21 heavy (non-hydrogen) atoms. The van der Waals surface area contributed by atoms with Crippen LogP contribution in [-0.2, 0) is 0 Å². The second-order valence-electron chi connectivity index (χ2n) is 3.88. The maximum Gasteiger partial charge on any atom is 0.342 e. The summed E-state index contributed by atoms with van der Waals surface area (Å²) in [7, 11) is 1.49. The number of aromatic carboxylic acids is 1. The predicted octanol–water partition coefficient (Wildman–Crippen LogP) is 2.49. The Hall–Kier alpha value is -3.16. The monoisotopic (exact) mass is 290 g/mol. The molecule has 0 spiro atoms. The van der Waals surface area contributed by atoms with Crippen LogP contribution in [0.15, 0.2) is 36.5 Å². The van der Waals surface area contributed by atoms with Crippen molar-refractivity contribution >= 4 is 11.7 Å². The summed E-state index contributed by atoms with van der Waals surface area (Å²) >= 11 is 0. The molecule has 0 radical (unpaired) electrons. The van der Waals surface area contributed by atoms with Crippen LogP contribution in [0.4, 0.5) is 5.69 Å². The average Bonchev–Trinajstić information content (AvgIpc) is 2.47. The minimum Gasteiger partial charge on any atom is -0.497 e. The van der Waals surface area contributed by atoms with Gasteiger partial charge < -0.3 is 14.6 Å². The molecular formula is C13H10N2O6. The number of ether oxygens (including phenoxy) is 2. The van der Waals surface area contributed by atoms with Gasteiger partial charge in [0.15, 0.2) is 0 Å². The second kappa shape index (κ2) is 5.87. The van der Waals surface area contributed by atoms with Crippen molar-refractivity contribution in [1.82, 2.24) is 4.98 Å². The van der Waals surface area contributed by atoms with Gasteiger partial charge >= 0.3 is 11.7 Å². The van der Waals surface area contributed by atoms with E-state index in [0.717, 1.165) is 12.3 Å². The molecule has 1 aromatic heterocycles. The number of carboxylic acid groups (broad SMARTS) is 1. The minimum atomic E-state index is -1.43. The van der Waals surface area contributed by atoms with Crippen molar-refractivity contribution in [2.45, 2.75) is 0 Å². The third-order valence-corrected chi connectivity index (χ3v) is 2.55. The van der Waals surface area contributed by atoms with E-state index in [0.29, 0.717) is 11.5 Å². The van der Waals surface area contributed by atoms with Gasteiger partial charge in [-0.25, -0.2) is 9.78 Å². The van der Waals surface area contributed by atoms with Gasteiger partial charge in [0.1, 0.15) is 23.3 Å². The van der Waals surface area contributed by atoms with Crippen LogP contribution in [0.25, 0.3) is 0 Å². The van der Waals surface area contributed by atoms with E-state index < -0.39 is 22.1 Å². The molecule has 2 aromatic rings. The smallest absolute Gasteiger partial charge is 0.342 e. The topological polar surface area (TPSA) is 112 Å².